The van der Waals surface area contributed by atoms with E-state index in [9.17, 15) is 9.59 Å². The number of aromatic nitrogens is 4. The van der Waals surface area contributed by atoms with E-state index in [4.69, 9.17) is 0 Å². The standard InChI is InChI=1S/C19H22N6O2/c1-4-24-11-16(21-17(26)12-25-14(3)10-13(2)22-25)18(23-24)19(27)20-15-8-6-5-7-9-15/h5-11H,4,12H2,1-3H3,(H,20,27)(H,21,26). The second kappa shape index (κ2) is 7.86. The molecule has 0 unspecified atom stereocenters. The van der Waals surface area contributed by atoms with Crippen LogP contribution in [-0.2, 0) is 17.9 Å². The molecule has 0 atom stereocenters. The molecule has 3 rings (SSSR count). The highest BCUT2D eigenvalue weighted by atomic mass is 16.2. The highest BCUT2D eigenvalue weighted by Gasteiger charge is 2.19. The molecule has 0 aliphatic carbocycles. The lowest BCUT2D eigenvalue weighted by atomic mass is 10.3. The van der Waals surface area contributed by atoms with Gasteiger partial charge >= 0.3 is 0 Å². The van der Waals surface area contributed by atoms with Crippen LogP contribution < -0.4 is 10.6 Å². The largest absolute Gasteiger partial charge is 0.321 e. The second-order valence-electron chi connectivity index (χ2n) is 6.20. The molecule has 2 heterocycles. The highest BCUT2D eigenvalue weighted by Crippen LogP contribution is 2.17. The molecule has 27 heavy (non-hydrogen) atoms. The smallest absolute Gasteiger partial charge is 0.278 e. The average Bonchev–Trinajstić information content (AvgIpc) is 3.18. The molecule has 0 spiro atoms. The van der Waals surface area contributed by atoms with Gasteiger partial charge < -0.3 is 10.6 Å². The van der Waals surface area contributed by atoms with Gasteiger partial charge in [-0.25, -0.2) is 0 Å². The number of aryl methyl sites for hydroxylation is 3. The van der Waals surface area contributed by atoms with Crippen LogP contribution in [0.25, 0.3) is 0 Å². The maximum Gasteiger partial charge on any atom is 0.278 e. The first-order chi connectivity index (χ1) is 13.0. The van der Waals surface area contributed by atoms with Gasteiger partial charge in [0.15, 0.2) is 5.69 Å². The zero-order valence-corrected chi connectivity index (χ0v) is 15.6. The molecule has 8 nitrogen and oxygen atoms in total. The van der Waals surface area contributed by atoms with Gasteiger partial charge in [0.2, 0.25) is 5.91 Å². The van der Waals surface area contributed by atoms with Gasteiger partial charge in [0.25, 0.3) is 5.91 Å². The van der Waals surface area contributed by atoms with E-state index in [2.05, 4.69) is 20.8 Å². The van der Waals surface area contributed by atoms with Crippen LogP contribution in [0.1, 0.15) is 28.8 Å². The van der Waals surface area contributed by atoms with E-state index in [1.807, 2.05) is 45.0 Å². The minimum Gasteiger partial charge on any atom is -0.321 e. The Morgan fingerprint density at radius 3 is 2.44 bits per heavy atom. The third kappa shape index (κ3) is 4.41. The van der Waals surface area contributed by atoms with Crippen LogP contribution in [0.3, 0.4) is 0 Å². The summed E-state index contributed by atoms with van der Waals surface area (Å²) in [7, 11) is 0. The van der Waals surface area contributed by atoms with Crippen molar-refractivity contribution in [3.8, 4) is 0 Å². The summed E-state index contributed by atoms with van der Waals surface area (Å²) in [6, 6.07) is 11.0. The van der Waals surface area contributed by atoms with E-state index >= 15 is 0 Å². The van der Waals surface area contributed by atoms with Gasteiger partial charge in [-0.05, 0) is 39.0 Å². The van der Waals surface area contributed by atoms with Crippen LogP contribution in [0.2, 0.25) is 0 Å². The molecule has 0 radical (unpaired) electrons. The number of rotatable bonds is 6. The summed E-state index contributed by atoms with van der Waals surface area (Å²) in [5.74, 6) is -0.652. The molecule has 140 valence electrons. The molecule has 0 fully saturated rings. The third-order valence-corrected chi connectivity index (χ3v) is 4.00. The van der Waals surface area contributed by atoms with Crippen molar-refractivity contribution < 1.29 is 9.59 Å². The lowest BCUT2D eigenvalue weighted by molar-refractivity contribution is -0.116. The number of anilines is 2. The van der Waals surface area contributed by atoms with Crippen molar-refractivity contribution in [1.29, 1.82) is 0 Å². The Morgan fingerprint density at radius 2 is 1.81 bits per heavy atom. The SMILES string of the molecule is CCn1cc(NC(=O)Cn2nc(C)cc2C)c(C(=O)Nc2ccccc2)n1. The number of nitrogens with one attached hydrogen (secondary N) is 2. The van der Waals surface area contributed by atoms with E-state index in [1.54, 1.807) is 27.7 Å². The number of nitrogens with zero attached hydrogens (tertiary/aromatic N) is 4. The van der Waals surface area contributed by atoms with Crippen LogP contribution in [-0.4, -0.2) is 31.4 Å². The Balaban J connectivity index is 1.76. The van der Waals surface area contributed by atoms with Crippen molar-refractivity contribution >= 4 is 23.2 Å². The van der Waals surface area contributed by atoms with Crippen molar-refractivity contribution in [2.75, 3.05) is 10.6 Å². The fourth-order valence-corrected chi connectivity index (χ4v) is 2.72. The molecule has 0 bridgehead atoms. The maximum absolute atomic E-state index is 12.6. The van der Waals surface area contributed by atoms with Crippen LogP contribution in [0.4, 0.5) is 11.4 Å². The maximum atomic E-state index is 12.6. The average molecular weight is 366 g/mol. The predicted octanol–water partition coefficient (Wildman–Crippen LogP) is 2.61. The number of amides is 2. The highest BCUT2D eigenvalue weighted by molar-refractivity contribution is 6.08. The Bertz CT molecular complexity index is 958. The van der Waals surface area contributed by atoms with E-state index in [0.717, 1.165) is 11.4 Å². The van der Waals surface area contributed by atoms with Gasteiger partial charge in [-0.3, -0.25) is 19.0 Å². The van der Waals surface area contributed by atoms with Crippen LogP contribution in [0.15, 0.2) is 42.6 Å². The summed E-state index contributed by atoms with van der Waals surface area (Å²) in [5.41, 5.74) is 2.95. The number of hydrogen-bond acceptors (Lipinski definition) is 4. The van der Waals surface area contributed by atoms with Crippen LogP contribution in [0, 0.1) is 13.8 Å². The first-order valence-corrected chi connectivity index (χ1v) is 8.71. The van der Waals surface area contributed by atoms with Crippen molar-refractivity contribution in [3.63, 3.8) is 0 Å². The minimum absolute atomic E-state index is 0.0662. The van der Waals surface area contributed by atoms with Gasteiger partial charge in [0, 0.05) is 24.1 Å². The molecule has 8 heteroatoms. The molecule has 2 aromatic heterocycles. The number of para-hydroxylation sites is 1. The van der Waals surface area contributed by atoms with E-state index in [0.29, 0.717) is 17.9 Å². The van der Waals surface area contributed by atoms with E-state index in [-0.39, 0.29) is 24.1 Å². The number of carbonyl (C=O) groups excluding carboxylic acids is 2. The zero-order chi connectivity index (χ0) is 19.4. The van der Waals surface area contributed by atoms with Crippen molar-refractivity contribution in [3.05, 3.63) is 59.7 Å². The van der Waals surface area contributed by atoms with Crippen molar-refractivity contribution in [2.24, 2.45) is 0 Å². The predicted molar refractivity (Wildman–Crippen MR) is 103 cm³/mol. The second-order valence-corrected chi connectivity index (χ2v) is 6.20. The third-order valence-electron chi connectivity index (χ3n) is 4.00. The molecular weight excluding hydrogens is 344 g/mol. The van der Waals surface area contributed by atoms with Gasteiger partial charge in [0.05, 0.1) is 11.4 Å². The lowest BCUT2D eigenvalue weighted by Gasteiger charge is -2.07. The van der Waals surface area contributed by atoms with Gasteiger partial charge in [-0.1, -0.05) is 18.2 Å². The Labute approximate surface area is 157 Å². The summed E-state index contributed by atoms with van der Waals surface area (Å²) in [6.07, 6.45) is 1.65. The summed E-state index contributed by atoms with van der Waals surface area (Å²) in [5, 5.41) is 14.1. The molecule has 1 aromatic carbocycles. The quantitative estimate of drug-likeness (QED) is 0.701. The number of benzene rings is 1. The summed E-state index contributed by atoms with van der Waals surface area (Å²) in [6.45, 7) is 6.32. The fourth-order valence-electron chi connectivity index (χ4n) is 2.72. The molecule has 2 amide bonds. The molecule has 3 aromatic rings. The Morgan fingerprint density at radius 1 is 1.07 bits per heavy atom. The molecule has 0 saturated heterocycles. The van der Waals surface area contributed by atoms with E-state index < -0.39 is 0 Å². The molecule has 0 aliphatic heterocycles. The first kappa shape index (κ1) is 18.4. The normalized spacial score (nSPS) is 10.6. The van der Waals surface area contributed by atoms with Gasteiger partial charge in [0.1, 0.15) is 6.54 Å². The summed E-state index contributed by atoms with van der Waals surface area (Å²) >= 11 is 0. The van der Waals surface area contributed by atoms with E-state index in [1.165, 1.54) is 0 Å². The van der Waals surface area contributed by atoms with Crippen LogP contribution >= 0.6 is 0 Å². The molecule has 0 saturated carbocycles. The van der Waals surface area contributed by atoms with Crippen LogP contribution in [0.5, 0.6) is 0 Å². The molecular formula is C19H22N6O2. The topological polar surface area (TPSA) is 93.8 Å². The Hall–Kier alpha value is -3.42. The van der Waals surface area contributed by atoms with Crippen molar-refractivity contribution in [1.82, 2.24) is 19.6 Å². The van der Waals surface area contributed by atoms with Gasteiger partial charge in [-0.15, -0.1) is 0 Å². The number of carbonyl (C=O) groups is 2. The molecule has 2 N–H and O–H groups in total. The summed E-state index contributed by atoms with van der Waals surface area (Å²) < 4.78 is 3.23. The zero-order valence-electron chi connectivity index (χ0n) is 15.6. The summed E-state index contributed by atoms with van der Waals surface area (Å²) in [4.78, 5) is 25.0. The number of hydrogen-bond donors (Lipinski definition) is 2. The minimum atomic E-state index is -0.380. The fraction of sp³-hybridized carbons (Fsp3) is 0.263. The molecule has 0 aliphatic rings. The Kier molecular flexibility index (Phi) is 5.35. The monoisotopic (exact) mass is 366 g/mol. The van der Waals surface area contributed by atoms with Gasteiger partial charge in [-0.2, -0.15) is 10.2 Å². The van der Waals surface area contributed by atoms with Crippen molar-refractivity contribution in [2.45, 2.75) is 33.9 Å². The first-order valence-electron chi connectivity index (χ1n) is 8.71. The lowest BCUT2D eigenvalue weighted by Crippen LogP contribution is -2.22.